The molecule has 3 nitrogen and oxygen atoms in total. The molecule has 1 unspecified atom stereocenters. The second kappa shape index (κ2) is 5.98. The van der Waals surface area contributed by atoms with Crippen LogP contribution in [-0.4, -0.2) is 23.1 Å². The van der Waals surface area contributed by atoms with Crippen LogP contribution in [0, 0.1) is 5.92 Å². The summed E-state index contributed by atoms with van der Waals surface area (Å²) in [6.45, 7) is 4.39. The van der Waals surface area contributed by atoms with E-state index in [1.807, 2.05) is 18.2 Å². The molecule has 2 aromatic rings. The maximum Gasteiger partial charge on any atom is 0.139 e. The largest absolute Gasteiger partial charge is 0.389 e. The Hall–Kier alpha value is -1.68. The molecule has 2 heterocycles. The molecule has 0 bridgehead atoms. The van der Waals surface area contributed by atoms with Gasteiger partial charge in [-0.15, -0.1) is 0 Å². The van der Waals surface area contributed by atoms with Gasteiger partial charge in [0.25, 0.3) is 0 Å². The molecule has 1 aromatic heterocycles. The van der Waals surface area contributed by atoms with Crippen LogP contribution in [0.15, 0.2) is 30.3 Å². The van der Waals surface area contributed by atoms with Crippen molar-refractivity contribution in [2.45, 2.75) is 26.2 Å². The van der Waals surface area contributed by atoms with E-state index in [4.69, 9.17) is 22.9 Å². The summed E-state index contributed by atoms with van der Waals surface area (Å²) in [6, 6.07) is 10.2. The smallest absolute Gasteiger partial charge is 0.139 e. The van der Waals surface area contributed by atoms with Crippen molar-refractivity contribution in [3.05, 3.63) is 35.9 Å². The Morgan fingerprint density at radius 1 is 1.29 bits per heavy atom. The molecular formula is C17H21N3S. The average Bonchev–Trinajstić information content (AvgIpc) is 2.70. The molecule has 0 amide bonds. The van der Waals surface area contributed by atoms with Crippen LogP contribution in [0.3, 0.4) is 0 Å². The van der Waals surface area contributed by atoms with Crippen LogP contribution < -0.4 is 10.6 Å². The summed E-state index contributed by atoms with van der Waals surface area (Å²) in [7, 11) is 0. The number of aromatic nitrogens is 1. The third-order valence-corrected chi connectivity index (χ3v) is 4.51. The van der Waals surface area contributed by atoms with Gasteiger partial charge >= 0.3 is 0 Å². The third-order valence-electron chi connectivity index (χ3n) is 4.29. The number of anilines is 1. The molecular weight excluding hydrogens is 278 g/mol. The molecule has 1 aliphatic rings. The van der Waals surface area contributed by atoms with E-state index < -0.39 is 0 Å². The zero-order valence-corrected chi connectivity index (χ0v) is 13.2. The molecule has 1 atom stereocenters. The summed E-state index contributed by atoms with van der Waals surface area (Å²) in [6.07, 6.45) is 3.68. The lowest BCUT2D eigenvalue weighted by molar-refractivity contribution is 0.521. The number of hydrogen-bond donors (Lipinski definition) is 1. The molecule has 1 aliphatic heterocycles. The van der Waals surface area contributed by atoms with Gasteiger partial charge in [-0.2, -0.15) is 0 Å². The van der Waals surface area contributed by atoms with Crippen LogP contribution in [0.1, 0.15) is 31.7 Å². The monoisotopic (exact) mass is 299 g/mol. The predicted molar refractivity (Wildman–Crippen MR) is 92.9 cm³/mol. The number of benzene rings is 1. The first-order valence-electron chi connectivity index (χ1n) is 7.59. The quantitative estimate of drug-likeness (QED) is 0.862. The Labute approximate surface area is 131 Å². The van der Waals surface area contributed by atoms with Crippen molar-refractivity contribution in [2.24, 2.45) is 11.7 Å². The predicted octanol–water partition coefficient (Wildman–Crippen LogP) is 3.50. The first kappa shape index (κ1) is 14.3. The van der Waals surface area contributed by atoms with E-state index in [-0.39, 0.29) is 0 Å². The molecule has 1 fully saturated rings. The zero-order valence-electron chi connectivity index (χ0n) is 12.4. The highest BCUT2D eigenvalue weighted by Crippen LogP contribution is 2.27. The normalized spacial score (nSPS) is 19.5. The number of pyridine rings is 1. The van der Waals surface area contributed by atoms with Gasteiger partial charge in [-0.05, 0) is 37.3 Å². The number of nitrogens with two attached hydrogens (primary N) is 1. The van der Waals surface area contributed by atoms with Gasteiger partial charge in [0, 0.05) is 18.5 Å². The van der Waals surface area contributed by atoms with Crippen molar-refractivity contribution >= 4 is 33.9 Å². The lowest BCUT2D eigenvalue weighted by atomic mass is 10.0. The van der Waals surface area contributed by atoms with E-state index in [9.17, 15) is 0 Å². The lowest BCUT2D eigenvalue weighted by Crippen LogP contribution is -2.28. The molecule has 110 valence electrons. The van der Waals surface area contributed by atoms with Crippen molar-refractivity contribution in [1.29, 1.82) is 0 Å². The highest BCUT2D eigenvalue weighted by Gasteiger charge is 2.19. The van der Waals surface area contributed by atoms with E-state index in [1.165, 1.54) is 19.3 Å². The van der Waals surface area contributed by atoms with Crippen molar-refractivity contribution in [2.75, 3.05) is 18.0 Å². The van der Waals surface area contributed by atoms with Gasteiger partial charge < -0.3 is 10.6 Å². The van der Waals surface area contributed by atoms with Gasteiger partial charge in [0.15, 0.2) is 0 Å². The molecule has 0 aliphatic carbocycles. The Balaban J connectivity index is 2.06. The van der Waals surface area contributed by atoms with Crippen molar-refractivity contribution in [1.82, 2.24) is 4.98 Å². The van der Waals surface area contributed by atoms with Crippen molar-refractivity contribution < 1.29 is 0 Å². The minimum absolute atomic E-state index is 0.431. The molecule has 1 saturated heterocycles. The van der Waals surface area contributed by atoms with Crippen molar-refractivity contribution in [3.63, 3.8) is 0 Å². The zero-order chi connectivity index (χ0) is 14.8. The molecule has 0 spiro atoms. The Morgan fingerprint density at radius 3 is 2.90 bits per heavy atom. The summed E-state index contributed by atoms with van der Waals surface area (Å²) < 4.78 is 0. The van der Waals surface area contributed by atoms with Gasteiger partial charge in [0.1, 0.15) is 10.8 Å². The SMILES string of the molecule is CC1CCCN(c2nc3ccccc3cc2C(N)=S)CC1. The fourth-order valence-electron chi connectivity index (χ4n) is 3.00. The van der Waals surface area contributed by atoms with Crippen molar-refractivity contribution in [3.8, 4) is 0 Å². The van der Waals surface area contributed by atoms with Crippen LogP contribution in [0.4, 0.5) is 5.82 Å². The Morgan fingerprint density at radius 2 is 2.10 bits per heavy atom. The minimum atomic E-state index is 0.431. The average molecular weight is 299 g/mol. The van der Waals surface area contributed by atoms with E-state index in [0.717, 1.165) is 41.3 Å². The summed E-state index contributed by atoms with van der Waals surface area (Å²) in [4.78, 5) is 7.63. The van der Waals surface area contributed by atoms with E-state index in [1.54, 1.807) is 0 Å². The third kappa shape index (κ3) is 3.00. The van der Waals surface area contributed by atoms with E-state index in [2.05, 4.69) is 24.0 Å². The summed E-state index contributed by atoms with van der Waals surface area (Å²) in [5.74, 6) is 1.74. The molecule has 0 radical (unpaired) electrons. The number of hydrogen-bond acceptors (Lipinski definition) is 3. The maximum atomic E-state index is 5.94. The highest BCUT2D eigenvalue weighted by molar-refractivity contribution is 7.80. The van der Waals surface area contributed by atoms with Gasteiger partial charge in [-0.25, -0.2) is 4.98 Å². The van der Waals surface area contributed by atoms with Crippen LogP contribution in [0.25, 0.3) is 10.9 Å². The molecule has 1 aromatic carbocycles. The van der Waals surface area contributed by atoms with Crippen LogP contribution in [-0.2, 0) is 0 Å². The number of thiocarbonyl (C=S) groups is 1. The topological polar surface area (TPSA) is 42.2 Å². The number of nitrogens with zero attached hydrogens (tertiary/aromatic N) is 2. The van der Waals surface area contributed by atoms with Crippen LogP contribution >= 0.6 is 12.2 Å². The fourth-order valence-corrected chi connectivity index (χ4v) is 3.15. The van der Waals surface area contributed by atoms with Crippen LogP contribution in [0.5, 0.6) is 0 Å². The lowest BCUT2D eigenvalue weighted by Gasteiger charge is -2.24. The Bertz CT molecular complexity index is 668. The molecule has 3 rings (SSSR count). The minimum Gasteiger partial charge on any atom is -0.389 e. The van der Waals surface area contributed by atoms with Gasteiger partial charge in [0.05, 0.1) is 11.1 Å². The Kier molecular flexibility index (Phi) is 4.06. The van der Waals surface area contributed by atoms with Gasteiger partial charge in [-0.1, -0.05) is 37.3 Å². The number of fused-ring (bicyclic) bond motifs is 1. The number of para-hydroxylation sites is 1. The standard InChI is InChI=1S/C17H21N3S/c1-12-5-4-9-20(10-8-12)17-14(16(18)21)11-13-6-2-3-7-15(13)19-17/h2-3,6-7,11-12H,4-5,8-10H2,1H3,(H2,18,21). The second-order valence-electron chi connectivity index (χ2n) is 5.94. The summed E-state index contributed by atoms with van der Waals surface area (Å²) >= 11 is 5.25. The molecule has 21 heavy (non-hydrogen) atoms. The number of rotatable bonds is 2. The molecule has 0 saturated carbocycles. The summed E-state index contributed by atoms with van der Waals surface area (Å²) in [5.41, 5.74) is 7.85. The van der Waals surface area contributed by atoms with E-state index >= 15 is 0 Å². The first-order valence-corrected chi connectivity index (χ1v) is 8.00. The fraction of sp³-hybridized carbons (Fsp3) is 0.412. The summed E-state index contributed by atoms with van der Waals surface area (Å²) in [5, 5.41) is 1.09. The van der Waals surface area contributed by atoms with E-state index in [0.29, 0.717) is 4.99 Å². The maximum absolute atomic E-state index is 5.94. The van der Waals surface area contributed by atoms with Gasteiger partial charge in [-0.3, -0.25) is 0 Å². The second-order valence-corrected chi connectivity index (χ2v) is 6.38. The molecule has 2 N–H and O–H groups in total. The highest BCUT2D eigenvalue weighted by atomic mass is 32.1. The van der Waals surface area contributed by atoms with Gasteiger partial charge in [0.2, 0.25) is 0 Å². The first-order chi connectivity index (χ1) is 10.1. The van der Waals surface area contributed by atoms with Crippen LogP contribution in [0.2, 0.25) is 0 Å². The molecule has 4 heteroatoms.